The van der Waals surface area contributed by atoms with Gasteiger partial charge in [0.05, 0.1) is 5.92 Å². The average Bonchev–Trinajstić information content (AvgIpc) is 2.56. The van der Waals surface area contributed by atoms with Crippen molar-refractivity contribution in [2.75, 3.05) is 11.9 Å². The third-order valence-corrected chi connectivity index (χ3v) is 4.95. The molecule has 146 valence electrons. The molecule has 27 heavy (non-hydrogen) atoms. The van der Waals surface area contributed by atoms with Crippen molar-refractivity contribution >= 4 is 39.1 Å². The molecule has 1 heterocycles. The Morgan fingerprint density at radius 3 is 2.63 bits per heavy atom. The van der Waals surface area contributed by atoms with Crippen LogP contribution in [0.15, 0.2) is 33.2 Å². The monoisotopic (exact) mass is 433 g/mol. The van der Waals surface area contributed by atoms with E-state index in [-0.39, 0.29) is 30.3 Å². The zero-order chi connectivity index (χ0) is 20.1. The SMILES string of the molecule is CCCC1=CC(C)=NC(=O)C1CNC(=O)c1cc(Br)cc(NC(C)C)c1C. The van der Waals surface area contributed by atoms with Crippen LogP contribution in [0.3, 0.4) is 0 Å². The van der Waals surface area contributed by atoms with Crippen LogP contribution in [0.2, 0.25) is 0 Å². The van der Waals surface area contributed by atoms with Crippen LogP contribution >= 0.6 is 15.9 Å². The van der Waals surface area contributed by atoms with Crippen LogP contribution in [-0.4, -0.2) is 30.1 Å². The Bertz CT molecular complexity index is 797. The highest BCUT2D eigenvalue weighted by Crippen LogP contribution is 2.26. The van der Waals surface area contributed by atoms with Crippen LogP contribution in [-0.2, 0) is 4.79 Å². The summed E-state index contributed by atoms with van der Waals surface area (Å²) in [5.74, 6) is -0.735. The van der Waals surface area contributed by atoms with Gasteiger partial charge in [0, 0.05) is 34.0 Å². The fourth-order valence-corrected chi connectivity index (χ4v) is 3.69. The third kappa shape index (κ3) is 5.51. The van der Waals surface area contributed by atoms with E-state index in [1.165, 1.54) is 0 Å². The Kier molecular flexibility index (Phi) is 7.36. The standard InChI is InChI=1S/C21H28BrN3O2/c1-6-7-15-8-13(4)25-21(27)18(15)11-23-20(26)17-9-16(22)10-19(14(17)5)24-12(2)3/h8-10,12,18,24H,6-7,11H2,1-5H3,(H,23,26). The number of benzene rings is 1. The summed E-state index contributed by atoms with van der Waals surface area (Å²) in [7, 11) is 0. The van der Waals surface area contributed by atoms with Gasteiger partial charge in [-0.05, 0) is 57.9 Å². The summed E-state index contributed by atoms with van der Waals surface area (Å²) in [6, 6.07) is 4.04. The molecule has 1 aliphatic heterocycles. The summed E-state index contributed by atoms with van der Waals surface area (Å²) in [5, 5.41) is 6.29. The lowest BCUT2D eigenvalue weighted by Gasteiger charge is -2.22. The predicted molar refractivity (Wildman–Crippen MR) is 115 cm³/mol. The minimum atomic E-state index is -0.377. The number of amides is 2. The maximum atomic E-state index is 12.8. The minimum Gasteiger partial charge on any atom is -0.383 e. The maximum absolute atomic E-state index is 12.8. The zero-order valence-electron chi connectivity index (χ0n) is 16.6. The van der Waals surface area contributed by atoms with Gasteiger partial charge in [-0.2, -0.15) is 0 Å². The average molecular weight is 434 g/mol. The van der Waals surface area contributed by atoms with Crippen LogP contribution in [0.1, 0.15) is 56.5 Å². The van der Waals surface area contributed by atoms with Crippen LogP contribution in [0.5, 0.6) is 0 Å². The second-order valence-electron chi connectivity index (χ2n) is 7.25. The van der Waals surface area contributed by atoms with Crippen molar-refractivity contribution in [1.29, 1.82) is 0 Å². The molecule has 1 aliphatic rings. The molecule has 0 saturated heterocycles. The van der Waals surface area contributed by atoms with Gasteiger partial charge in [-0.1, -0.05) is 34.8 Å². The highest BCUT2D eigenvalue weighted by Gasteiger charge is 2.26. The summed E-state index contributed by atoms with van der Waals surface area (Å²) in [6.45, 7) is 10.2. The number of rotatable bonds is 7. The first-order valence-corrected chi connectivity index (χ1v) is 10.2. The van der Waals surface area contributed by atoms with Crippen LogP contribution in [0.4, 0.5) is 5.69 Å². The number of nitrogens with zero attached hydrogens (tertiary/aromatic N) is 1. The van der Waals surface area contributed by atoms with E-state index in [4.69, 9.17) is 0 Å². The van der Waals surface area contributed by atoms with Crippen molar-refractivity contribution in [1.82, 2.24) is 5.32 Å². The number of dihydropyridines is 1. The summed E-state index contributed by atoms with van der Waals surface area (Å²) < 4.78 is 0.835. The summed E-state index contributed by atoms with van der Waals surface area (Å²) in [4.78, 5) is 29.2. The van der Waals surface area contributed by atoms with E-state index >= 15 is 0 Å². The first-order chi connectivity index (χ1) is 12.7. The highest BCUT2D eigenvalue weighted by atomic mass is 79.9. The number of aliphatic imine (C=N–C) groups is 1. The smallest absolute Gasteiger partial charge is 0.254 e. The second kappa shape index (κ2) is 9.31. The van der Waals surface area contributed by atoms with Crippen molar-refractivity contribution in [2.45, 2.75) is 53.5 Å². The number of halogens is 1. The molecule has 5 nitrogen and oxygen atoms in total. The Morgan fingerprint density at radius 1 is 1.30 bits per heavy atom. The van der Waals surface area contributed by atoms with Gasteiger partial charge in [0.2, 0.25) is 0 Å². The number of nitrogens with one attached hydrogen (secondary N) is 2. The first-order valence-electron chi connectivity index (χ1n) is 9.37. The van der Waals surface area contributed by atoms with E-state index < -0.39 is 0 Å². The summed E-state index contributed by atoms with van der Waals surface area (Å²) in [6.07, 6.45) is 3.75. The lowest BCUT2D eigenvalue weighted by molar-refractivity contribution is -0.120. The maximum Gasteiger partial charge on any atom is 0.254 e. The third-order valence-electron chi connectivity index (χ3n) is 4.49. The van der Waals surface area contributed by atoms with Crippen molar-refractivity contribution in [2.24, 2.45) is 10.9 Å². The molecular formula is C21H28BrN3O2. The molecule has 0 aromatic heterocycles. The van der Waals surface area contributed by atoms with Crippen molar-refractivity contribution in [3.05, 3.63) is 39.4 Å². The molecular weight excluding hydrogens is 406 g/mol. The fraction of sp³-hybridized carbons (Fsp3) is 0.476. The van der Waals surface area contributed by atoms with Gasteiger partial charge in [-0.3, -0.25) is 9.59 Å². The Labute approximate surface area is 169 Å². The quantitative estimate of drug-likeness (QED) is 0.656. The Morgan fingerprint density at radius 2 is 2.00 bits per heavy atom. The number of anilines is 1. The molecule has 0 radical (unpaired) electrons. The number of carbonyl (C=O) groups excluding carboxylic acids is 2. The van der Waals surface area contributed by atoms with Crippen molar-refractivity contribution in [3.8, 4) is 0 Å². The van der Waals surface area contributed by atoms with Gasteiger partial charge < -0.3 is 10.6 Å². The van der Waals surface area contributed by atoms with E-state index in [9.17, 15) is 9.59 Å². The molecule has 0 spiro atoms. The molecule has 2 amide bonds. The van der Waals surface area contributed by atoms with Crippen LogP contribution in [0.25, 0.3) is 0 Å². The largest absolute Gasteiger partial charge is 0.383 e. The van der Waals surface area contributed by atoms with E-state index in [0.717, 1.165) is 39.8 Å². The molecule has 2 rings (SSSR count). The van der Waals surface area contributed by atoms with Gasteiger partial charge in [-0.25, -0.2) is 4.99 Å². The lowest BCUT2D eigenvalue weighted by Crippen LogP contribution is -2.35. The van der Waals surface area contributed by atoms with E-state index in [2.05, 4.69) is 52.3 Å². The van der Waals surface area contributed by atoms with E-state index in [1.807, 2.05) is 32.1 Å². The Hall–Kier alpha value is -1.95. The van der Waals surface area contributed by atoms with Crippen molar-refractivity contribution in [3.63, 3.8) is 0 Å². The van der Waals surface area contributed by atoms with Crippen molar-refractivity contribution < 1.29 is 9.59 Å². The van der Waals surface area contributed by atoms with Gasteiger partial charge in [0.1, 0.15) is 0 Å². The van der Waals surface area contributed by atoms with E-state index in [0.29, 0.717) is 5.56 Å². The zero-order valence-corrected chi connectivity index (χ0v) is 18.2. The molecule has 0 fully saturated rings. The fourth-order valence-electron chi connectivity index (χ4n) is 3.23. The number of hydrogen-bond donors (Lipinski definition) is 2. The minimum absolute atomic E-state index is 0.174. The van der Waals surface area contributed by atoms with Gasteiger partial charge in [0.25, 0.3) is 11.8 Å². The van der Waals surface area contributed by atoms with Gasteiger partial charge >= 0.3 is 0 Å². The summed E-state index contributed by atoms with van der Waals surface area (Å²) in [5.41, 5.74) is 4.18. The highest BCUT2D eigenvalue weighted by molar-refractivity contribution is 9.10. The molecule has 1 aromatic carbocycles. The summed E-state index contributed by atoms with van der Waals surface area (Å²) >= 11 is 3.48. The molecule has 0 aliphatic carbocycles. The molecule has 1 atom stereocenters. The molecule has 1 aromatic rings. The second-order valence-corrected chi connectivity index (χ2v) is 8.16. The normalized spacial score (nSPS) is 16.9. The van der Waals surface area contributed by atoms with Crippen LogP contribution < -0.4 is 10.6 Å². The number of carbonyl (C=O) groups is 2. The topological polar surface area (TPSA) is 70.6 Å². The molecule has 0 saturated carbocycles. The van der Waals surface area contributed by atoms with Crippen LogP contribution in [0, 0.1) is 12.8 Å². The molecule has 6 heteroatoms. The number of hydrogen-bond acceptors (Lipinski definition) is 3. The molecule has 2 N–H and O–H groups in total. The first kappa shape index (κ1) is 21.4. The Balaban J connectivity index is 2.17. The molecule has 0 bridgehead atoms. The van der Waals surface area contributed by atoms with Gasteiger partial charge in [0.15, 0.2) is 0 Å². The number of allylic oxidation sites excluding steroid dienone is 1. The van der Waals surface area contributed by atoms with Gasteiger partial charge in [-0.15, -0.1) is 0 Å². The molecule has 1 unspecified atom stereocenters. The lowest BCUT2D eigenvalue weighted by atomic mass is 9.91. The predicted octanol–water partition coefficient (Wildman–Crippen LogP) is 4.65. The van der Waals surface area contributed by atoms with E-state index in [1.54, 1.807) is 0 Å².